The average molecular weight is 239 g/mol. The number of rotatable bonds is 3. The van der Waals surface area contributed by atoms with E-state index in [9.17, 15) is 5.11 Å². The predicted molar refractivity (Wildman–Crippen MR) is 65.9 cm³/mol. The third kappa shape index (κ3) is 3.14. The molecular weight excluding hydrogens is 222 g/mol. The first-order chi connectivity index (χ1) is 7.68. The lowest BCUT2D eigenvalue weighted by Gasteiger charge is -2.32. The number of aliphatic hydroxyl groups is 1. The highest BCUT2D eigenvalue weighted by molar-refractivity contribution is 7.99. The highest BCUT2D eigenvalue weighted by Crippen LogP contribution is 2.28. The van der Waals surface area contributed by atoms with Crippen LogP contribution in [0.2, 0.25) is 0 Å². The molecule has 1 aromatic rings. The van der Waals surface area contributed by atoms with Crippen LogP contribution in [0.4, 0.5) is 0 Å². The van der Waals surface area contributed by atoms with Gasteiger partial charge in [0.2, 0.25) is 0 Å². The second-order valence-electron chi connectivity index (χ2n) is 4.26. The van der Waals surface area contributed by atoms with Crippen molar-refractivity contribution in [2.45, 2.75) is 23.3 Å². The molecule has 16 heavy (non-hydrogen) atoms. The van der Waals surface area contributed by atoms with E-state index in [1.807, 2.05) is 12.1 Å². The van der Waals surface area contributed by atoms with Gasteiger partial charge in [-0.2, -0.15) is 0 Å². The lowest BCUT2D eigenvalue weighted by atomic mass is 9.95. The summed E-state index contributed by atoms with van der Waals surface area (Å²) in [4.78, 5) is 1.09. The highest BCUT2D eigenvalue weighted by Gasteiger charge is 2.28. The number of phenols is 1. The van der Waals surface area contributed by atoms with Crippen molar-refractivity contribution in [3.8, 4) is 5.75 Å². The fourth-order valence-corrected chi connectivity index (χ4v) is 2.85. The average Bonchev–Trinajstić information content (AvgIpc) is 2.29. The zero-order valence-corrected chi connectivity index (χ0v) is 9.96. The molecule has 1 aromatic carbocycles. The van der Waals surface area contributed by atoms with E-state index < -0.39 is 5.60 Å². The Hall–Kier alpha value is -0.710. The van der Waals surface area contributed by atoms with Gasteiger partial charge in [0.25, 0.3) is 0 Å². The summed E-state index contributed by atoms with van der Waals surface area (Å²) < 4.78 is 0. The lowest BCUT2D eigenvalue weighted by molar-refractivity contribution is 0.0339. The summed E-state index contributed by atoms with van der Waals surface area (Å²) >= 11 is 1.65. The summed E-state index contributed by atoms with van der Waals surface area (Å²) in [5.41, 5.74) is -0.534. The van der Waals surface area contributed by atoms with Crippen LogP contribution in [0.5, 0.6) is 5.75 Å². The zero-order valence-electron chi connectivity index (χ0n) is 9.15. The van der Waals surface area contributed by atoms with Crippen molar-refractivity contribution in [2.75, 3.05) is 18.8 Å². The van der Waals surface area contributed by atoms with Crippen LogP contribution in [0.25, 0.3) is 0 Å². The van der Waals surface area contributed by atoms with Crippen molar-refractivity contribution in [3.63, 3.8) is 0 Å². The van der Waals surface area contributed by atoms with Crippen LogP contribution >= 0.6 is 11.8 Å². The Morgan fingerprint density at radius 1 is 1.19 bits per heavy atom. The molecule has 1 heterocycles. The second kappa shape index (κ2) is 5.08. The van der Waals surface area contributed by atoms with Crippen molar-refractivity contribution in [2.24, 2.45) is 0 Å². The molecule has 0 bridgehead atoms. The van der Waals surface area contributed by atoms with Crippen LogP contribution in [0.3, 0.4) is 0 Å². The largest absolute Gasteiger partial charge is 0.508 e. The van der Waals surface area contributed by atoms with Crippen LogP contribution < -0.4 is 5.32 Å². The number of hydrogen-bond donors (Lipinski definition) is 3. The van der Waals surface area contributed by atoms with Gasteiger partial charge in [0.15, 0.2) is 0 Å². The molecular formula is C12H17NO2S. The van der Waals surface area contributed by atoms with Crippen LogP contribution in [-0.2, 0) is 0 Å². The number of phenolic OH excluding ortho intramolecular Hbond substituents is 1. The van der Waals surface area contributed by atoms with E-state index in [1.165, 1.54) is 0 Å². The van der Waals surface area contributed by atoms with E-state index in [0.717, 1.165) is 36.6 Å². The molecule has 0 spiro atoms. The maximum Gasteiger partial charge on any atom is 0.115 e. The summed E-state index contributed by atoms with van der Waals surface area (Å²) in [6.07, 6.45) is 1.64. The number of hydrogen-bond acceptors (Lipinski definition) is 4. The van der Waals surface area contributed by atoms with Gasteiger partial charge in [-0.05, 0) is 50.2 Å². The number of thioether (sulfide) groups is 1. The summed E-state index contributed by atoms with van der Waals surface area (Å²) in [5, 5.41) is 22.7. The van der Waals surface area contributed by atoms with Crippen LogP contribution in [-0.4, -0.2) is 34.7 Å². The van der Waals surface area contributed by atoms with Gasteiger partial charge >= 0.3 is 0 Å². The number of piperidine rings is 1. The third-order valence-electron chi connectivity index (χ3n) is 2.88. The highest BCUT2D eigenvalue weighted by atomic mass is 32.2. The van der Waals surface area contributed by atoms with Crippen molar-refractivity contribution < 1.29 is 10.2 Å². The Balaban J connectivity index is 1.88. The molecule has 3 N–H and O–H groups in total. The van der Waals surface area contributed by atoms with Gasteiger partial charge in [-0.1, -0.05) is 0 Å². The number of aromatic hydroxyl groups is 1. The molecule has 1 aliphatic heterocycles. The molecule has 0 unspecified atom stereocenters. The van der Waals surface area contributed by atoms with Gasteiger partial charge in [0, 0.05) is 10.6 Å². The fraction of sp³-hybridized carbons (Fsp3) is 0.500. The Morgan fingerprint density at radius 3 is 2.44 bits per heavy atom. The van der Waals surface area contributed by atoms with Gasteiger partial charge in [-0.15, -0.1) is 11.8 Å². The van der Waals surface area contributed by atoms with Crippen molar-refractivity contribution in [1.82, 2.24) is 5.32 Å². The van der Waals surface area contributed by atoms with E-state index in [0.29, 0.717) is 0 Å². The van der Waals surface area contributed by atoms with Crippen molar-refractivity contribution in [1.29, 1.82) is 0 Å². The molecule has 4 heteroatoms. The van der Waals surface area contributed by atoms with Crippen molar-refractivity contribution >= 4 is 11.8 Å². The predicted octanol–water partition coefficient (Wildman–Crippen LogP) is 1.60. The zero-order chi connectivity index (χ0) is 11.4. The molecule has 0 saturated carbocycles. The SMILES string of the molecule is Oc1ccc(SCC2(O)CCNCC2)cc1. The molecule has 1 fully saturated rings. The first-order valence-electron chi connectivity index (χ1n) is 5.53. The quantitative estimate of drug-likeness (QED) is 0.701. The molecule has 1 aliphatic rings. The maximum absolute atomic E-state index is 10.3. The van der Waals surface area contributed by atoms with E-state index in [-0.39, 0.29) is 5.75 Å². The van der Waals surface area contributed by atoms with Gasteiger partial charge in [0.05, 0.1) is 5.60 Å². The summed E-state index contributed by atoms with van der Waals surface area (Å²) in [7, 11) is 0. The lowest BCUT2D eigenvalue weighted by Crippen LogP contribution is -2.43. The molecule has 0 aromatic heterocycles. The summed E-state index contributed by atoms with van der Waals surface area (Å²) in [6, 6.07) is 7.11. The molecule has 3 nitrogen and oxygen atoms in total. The van der Waals surface area contributed by atoms with Gasteiger partial charge in [0.1, 0.15) is 5.75 Å². The minimum Gasteiger partial charge on any atom is -0.508 e. The maximum atomic E-state index is 10.3. The molecule has 0 atom stereocenters. The standard InChI is InChI=1S/C12H17NO2S/c14-10-1-3-11(4-2-10)16-9-12(15)5-7-13-8-6-12/h1-4,13-15H,5-9H2. The molecule has 0 amide bonds. The first kappa shape index (κ1) is 11.8. The third-order valence-corrected chi connectivity index (χ3v) is 4.17. The van der Waals surface area contributed by atoms with Crippen LogP contribution in [0.15, 0.2) is 29.2 Å². The van der Waals surface area contributed by atoms with Gasteiger partial charge in [-0.3, -0.25) is 0 Å². The van der Waals surface area contributed by atoms with Crippen LogP contribution in [0.1, 0.15) is 12.8 Å². The number of nitrogens with one attached hydrogen (secondary N) is 1. The van der Waals surface area contributed by atoms with Gasteiger partial charge < -0.3 is 15.5 Å². The van der Waals surface area contributed by atoms with Crippen LogP contribution in [0, 0.1) is 0 Å². The topological polar surface area (TPSA) is 52.5 Å². The van der Waals surface area contributed by atoms with E-state index in [2.05, 4.69) is 5.32 Å². The Kier molecular flexibility index (Phi) is 3.74. The fourth-order valence-electron chi connectivity index (χ4n) is 1.80. The van der Waals surface area contributed by atoms with E-state index in [1.54, 1.807) is 23.9 Å². The summed E-state index contributed by atoms with van der Waals surface area (Å²) in [6.45, 7) is 1.79. The first-order valence-corrected chi connectivity index (χ1v) is 6.51. The smallest absolute Gasteiger partial charge is 0.115 e. The minimum atomic E-state index is -0.534. The van der Waals surface area contributed by atoms with E-state index >= 15 is 0 Å². The van der Waals surface area contributed by atoms with Crippen molar-refractivity contribution in [3.05, 3.63) is 24.3 Å². The molecule has 1 saturated heterocycles. The number of benzene rings is 1. The Bertz CT molecular complexity index is 333. The molecule has 88 valence electrons. The normalized spacial score (nSPS) is 19.6. The monoisotopic (exact) mass is 239 g/mol. The minimum absolute atomic E-state index is 0.282. The molecule has 0 radical (unpaired) electrons. The second-order valence-corrected chi connectivity index (χ2v) is 5.31. The Morgan fingerprint density at radius 2 is 1.81 bits per heavy atom. The van der Waals surface area contributed by atoms with E-state index in [4.69, 9.17) is 5.11 Å². The Labute approximate surface area is 99.9 Å². The molecule has 2 rings (SSSR count). The van der Waals surface area contributed by atoms with Gasteiger partial charge in [-0.25, -0.2) is 0 Å². The summed E-state index contributed by atoms with van der Waals surface area (Å²) in [5.74, 6) is 1.00. The molecule has 0 aliphatic carbocycles.